The molecule has 9 nitrogen and oxygen atoms in total. The van der Waals surface area contributed by atoms with Crippen LogP contribution in [-0.4, -0.2) is 54.9 Å². The summed E-state index contributed by atoms with van der Waals surface area (Å²) in [5, 5.41) is 35.4. The van der Waals surface area contributed by atoms with Gasteiger partial charge < -0.3 is 15.5 Å². The van der Waals surface area contributed by atoms with Gasteiger partial charge in [0.05, 0.1) is 0 Å². The molecule has 0 aliphatic rings. The van der Waals surface area contributed by atoms with E-state index in [1.165, 1.54) is 11.3 Å². The first kappa shape index (κ1) is 15.1. The number of tetrazole rings is 1. The lowest BCUT2D eigenvalue weighted by molar-refractivity contribution is -0.147. The van der Waals surface area contributed by atoms with Gasteiger partial charge in [-0.25, -0.2) is 4.79 Å². The lowest BCUT2D eigenvalue weighted by Crippen LogP contribution is -2.32. The van der Waals surface area contributed by atoms with E-state index in [-0.39, 0.29) is 25.4 Å². The molecule has 21 heavy (non-hydrogen) atoms. The van der Waals surface area contributed by atoms with Crippen LogP contribution in [0.2, 0.25) is 0 Å². The molecule has 112 valence electrons. The molecule has 2 aromatic rings. The number of rotatable bonds is 7. The van der Waals surface area contributed by atoms with Crippen LogP contribution in [0.1, 0.15) is 6.42 Å². The van der Waals surface area contributed by atoms with Crippen LogP contribution in [0, 0.1) is 0 Å². The zero-order valence-electron chi connectivity index (χ0n) is 10.8. The minimum atomic E-state index is -1.49. The topological polar surface area (TPSA) is 130 Å². The number of carbonyl (C=O) groups excluding carboxylic acids is 1. The molecule has 2 rings (SSSR count). The molecular weight excluding hydrogens is 298 g/mol. The van der Waals surface area contributed by atoms with Crippen molar-refractivity contribution in [3.8, 4) is 11.4 Å². The Labute approximate surface area is 123 Å². The molecule has 0 aliphatic carbocycles. The van der Waals surface area contributed by atoms with Gasteiger partial charge in [0.1, 0.15) is 6.54 Å². The molecule has 3 N–H and O–H groups in total. The van der Waals surface area contributed by atoms with E-state index in [1.807, 2.05) is 16.8 Å². The van der Waals surface area contributed by atoms with Crippen LogP contribution in [-0.2, 0) is 16.1 Å². The van der Waals surface area contributed by atoms with Crippen LogP contribution in [0.3, 0.4) is 0 Å². The van der Waals surface area contributed by atoms with E-state index >= 15 is 0 Å². The number of thiophene rings is 1. The predicted octanol–water partition coefficient (Wildman–Crippen LogP) is -0.647. The highest BCUT2D eigenvalue weighted by Gasteiger charge is 2.13. The fourth-order valence-electron chi connectivity index (χ4n) is 1.47. The van der Waals surface area contributed by atoms with Gasteiger partial charge in [-0.05, 0) is 16.7 Å². The standard InChI is InChI=1S/C11H13N5O4S/c17-8(11(19)20)1-3-12-9(18)5-16-14-10(13-15-16)7-2-4-21-6-7/h2,4,6,8,17H,1,3,5H2,(H,12,18)(H,19,20). The lowest BCUT2D eigenvalue weighted by Gasteiger charge is -2.06. The summed E-state index contributed by atoms with van der Waals surface area (Å²) >= 11 is 1.51. The van der Waals surface area contributed by atoms with Gasteiger partial charge >= 0.3 is 5.97 Å². The van der Waals surface area contributed by atoms with Crippen molar-refractivity contribution >= 4 is 23.2 Å². The summed E-state index contributed by atoms with van der Waals surface area (Å²) in [4.78, 5) is 23.1. The Hall–Kier alpha value is -2.33. The number of amides is 1. The maximum absolute atomic E-state index is 11.6. The monoisotopic (exact) mass is 311 g/mol. The van der Waals surface area contributed by atoms with Gasteiger partial charge in [0.25, 0.3) is 0 Å². The molecule has 2 aromatic heterocycles. The van der Waals surface area contributed by atoms with E-state index < -0.39 is 12.1 Å². The number of aliphatic hydroxyl groups is 1. The molecule has 0 bridgehead atoms. The summed E-state index contributed by atoms with van der Waals surface area (Å²) in [6.07, 6.45) is -1.55. The zero-order valence-corrected chi connectivity index (χ0v) is 11.7. The number of aliphatic carboxylic acids is 1. The van der Waals surface area contributed by atoms with Crippen LogP contribution in [0.25, 0.3) is 11.4 Å². The van der Waals surface area contributed by atoms with E-state index in [2.05, 4.69) is 20.7 Å². The predicted molar refractivity (Wildman–Crippen MR) is 72.4 cm³/mol. The zero-order chi connectivity index (χ0) is 15.2. The van der Waals surface area contributed by atoms with Crippen molar-refractivity contribution in [2.75, 3.05) is 6.54 Å². The largest absolute Gasteiger partial charge is 0.479 e. The Morgan fingerprint density at radius 1 is 1.48 bits per heavy atom. The number of nitrogens with zero attached hydrogens (tertiary/aromatic N) is 4. The molecule has 0 aromatic carbocycles. The first-order valence-electron chi connectivity index (χ1n) is 6.04. The number of nitrogens with one attached hydrogen (secondary N) is 1. The Balaban J connectivity index is 1.79. The molecule has 1 atom stereocenters. The van der Waals surface area contributed by atoms with Crippen LogP contribution >= 0.6 is 11.3 Å². The Morgan fingerprint density at radius 2 is 2.29 bits per heavy atom. The van der Waals surface area contributed by atoms with Crippen molar-refractivity contribution in [1.82, 2.24) is 25.5 Å². The average molecular weight is 311 g/mol. The molecule has 2 heterocycles. The molecule has 10 heteroatoms. The van der Waals surface area contributed by atoms with Gasteiger partial charge in [-0.3, -0.25) is 4.79 Å². The third kappa shape index (κ3) is 4.33. The molecule has 0 radical (unpaired) electrons. The van der Waals surface area contributed by atoms with Crippen molar-refractivity contribution in [2.45, 2.75) is 19.1 Å². The van der Waals surface area contributed by atoms with Crippen molar-refractivity contribution in [3.63, 3.8) is 0 Å². The molecule has 1 unspecified atom stereocenters. The van der Waals surface area contributed by atoms with Crippen LogP contribution in [0.4, 0.5) is 0 Å². The van der Waals surface area contributed by atoms with E-state index in [1.54, 1.807) is 0 Å². The maximum atomic E-state index is 11.6. The highest BCUT2D eigenvalue weighted by molar-refractivity contribution is 7.08. The van der Waals surface area contributed by atoms with Gasteiger partial charge in [0.15, 0.2) is 6.10 Å². The number of carboxylic acids is 1. The van der Waals surface area contributed by atoms with Crippen molar-refractivity contribution < 1.29 is 19.8 Å². The summed E-state index contributed by atoms with van der Waals surface area (Å²) in [5.41, 5.74) is 0.830. The molecular formula is C11H13N5O4S. The van der Waals surface area contributed by atoms with Gasteiger partial charge in [-0.15, -0.1) is 10.2 Å². The number of hydrogen-bond acceptors (Lipinski definition) is 7. The molecule has 0 aliphatic heterocycles. The molecule has 0 spiro atoms. The minimum absolute atomic E-state index is 0.0540. The van der Waals surface area contributed by atoms with Crippen LogP contribution in [0.15, 0.2) is 16.8 Å². The Morgan fingerprint density at radius 3 is 2.95 bits per heavy atom. The van der Waals surface area contributed by atoms with E-state index in [4.69, 9.17) is 10.2 Å². The lowest BCUT2D eigenvalue weighted by atomic mass is 10.2. The van der Waals surface area contributed by atoms with Gasteiger partial charge in [-0.2, -0.15) is 16.1 Å². The highest BCUT2D eigenvalue weighted by atomic mass is 32.1. The summed E-state index contributed by atoms with van der Waals surface area (Å²) in [7, 11) is 0. The maximum Gasteiger partial charge on any atom is 0.332 e. The molecule has 1 amide bonds. The quantitative estimate of drug-likeness (QED) is 0.619. The number of carbonyl (C=O) groups is 2. The van der Waals surface area contributed by atoms with Crippen LogP contribution in [0.5, 0.6) is 0 Å². The fraction of sp³-hybridized carbons (Fsp3) is 0.364. The highest BCUT2D eigenvalue weighted by Crippen LogP contribution is 2.16. The second kappa shape index (κ2) is 6.90. The third-order valence-electron chi connectivity index (χ3n) is 2.54. The number of aliphatic hydroxyl groups excluding tert-OH is 1. The minimum Gasteiger partial charge on any atom is -0.479 e. The van der Waals surface area contributed by atoms with E-state index in [9.17, 15) is 9.59 Å². The first-order chi connectivity index (χ1) is 10.1. The van der Waals surface area contributed by atoms with E-state index in [0.29, 0.717) is 5.82 Å². The first-order valence-corrected chi connectivity index (χ1v) is 6.98. The van der Waals surface area contributed by atoms with Gasteiger partial charge in [0.2, 0.25) is 11.7 Å². The second-order valence-electron chi connectivity index (χ2n) is 4.15. The Bertz CT molecular complexity index is 612. The summed E-state index contributed by atoms with van der Waals surface area (Å²) in [6, 6.07) is 1.85. The normalized spacial score (nSPS) is 12.0. The fourth-order valence-corrected chi connectivity index (χ4v) is 2.11. The molecule has 0 saturated heterocycles. The average Bonchev–Trinajstić information content (AvgIpc) is 3.08. The molecule has 0 saturated carbocycles. The summed E-state index contributed by atoms with van der Waals surface area (Å²) in [6.45, 7) is -0.0707. The Kier molecular flexibility index (Phi) is 4.95. The van der Waals surface area contributed by atoms with Gasteiger partial charge in [-0.1, -0.05) is 0 Å². The van der Waals surface area contributed by atoms with Crippen molar-refractivity contribution in [2.24, 2.45) is 0 Å². The van der Waals surface area contributed by atoms with Crippen LogP contribution < -0.4 is 5.32 Å². The number of carboxylic acid groups (broad SMARTS) is 1. The smallest absolute Gasteiger partial charge is 0.332 e. The third-order valence-corrected chi connectivity index (χ3v) is 3.23. The molecule has 0 fully saturated rings. The van der Waals surface area contributed by atoms with Crippen molar-refractivity contribution in [1.29, 1.82) is 0 Å². The number of aromatic nitrogens is 4. The number of hydrogen-bond donors (Lipinski definition) is 3. The van der Waals surface area contributed by atoms with E-state index in [0.717, 1.165) is 10.4 Å². The summed E-state index contributed by atoms with van der Waals surface area (Å²) < 4.78 is 0. The van der Waals surface area contributed by atoms with Gasteiger partial charge in [0, 0.05) is 23.9 Å². The second-order valence-corrected chi connectivity index (χ2v) is 4.93. The SMILES string of the molecule is O=C(Cn1nnc(-c2ccsc2)n1)NCCC(O)C(=O)O. The summed E-state index contributed by atoms with van der Waals surface area (Å²) in [5.74, 6) is -1.27. The van der Waals surface area contributed by atoms with Crippen molar-refractivity contribution in [3.05, 3.63) is 16.8 Å².